The lowest BCUT2D eigenvalue weighted by Crippen LogP contribution is -2.47. The van der Waals surface area contributed by atoms with Crippen LogP contribution in [0.15, 0.2) is 66.9 Å². The fourth-order valence-electron chi connectivity index (χ4n) is 3.73. The van der Waals surface area contributed by atoms with Gasteiger partial charge in [-0.05, 0) is 30.5 Å². The third kappa shape index (κ3) is 3.67. The number of nitrogens with one attached hydrogen (secondary N) is 3. The van der Waals surface area contributed by atoms with Crippen LogP contribution in [0.25, 0.3) is 22.2 Å². The number of nitrogens with zero attached hydrogens (tertiary/aromatic N) is 1. The number of aromatic amines is 2. The Hall–Kier alpha value is -3.38. The molecule has 0 bridgehead atoms. The fourth-order valence-corrected chi connectivity index (χ4v) is 3.73. The third-order valence-electron chi connectivity index (χ3n) is 5.45. The van der Waals surface area contributed by atoms with Crippen LogP contribution in [0.4, 0.5) is 0 Å². The van der Waals surface area contributed by atoms with Gasteiger partial charge < -0.3 is 15.0 Å². The van der Waals surface area contributed by atoms with Gasteiger partial charge in [-0.25, -0.2) is 0 Å². The molecule has 0 atom stereocenters. The average molecular weight is 386 g/mol. The standard InChI is InChI=1S/C23H22N4O2/c28-23(25-16-10-17(11-16)29-14-15-6-2-1-3-7-15)22-12-21(26-27-22)19-13-24-20-9-5-4-8-18(19)20/h1-9,12-13,16-17,24H,10-11,14H2,(H,25,28)(H,26,27). The Balaban J connectivity index is 1.16. The number of H-pyrrole nitrogens is 2. The second kappa shape index (κ2) is 7.56. The monoisotopic (exact) mass is 386 g/mol. The maximum absolute atomic E-state index is 12.5. The number of hydrogen-bond donors (Lipinski definition) is 3. The fraction of sp³-hybridized carbons (Fsp3) is 0.217. The maximum Gasteiger partial charge on any atom is 0.269 e. The molecule has 2 aromatic carbocycles. The van der Waals surface area contributed by atoms with Gasteiger partial charge in [-0.2, -0.15) is 5.10 Å². The van der Waals surface area contributed by atoms with Crippen LogP contribution >= 0.6 is 0 Å². The molecule has 0 aliphatic heterocycles. The molecule has 0 unspecified atom stereocenters. The van der Waals surface area contributed by atoms with Crippen molar-refractivity contribution < 1.29 is 9.53 Å². The molecule has 0 spiro atoms. The first-order chi connectivity index (χ1) is 14.3. The highest BCUT2D eigenvalue weighted by Crippen LogP contribution is 2.28. The van der Waals surface area contributed by atoms with Crippen molar-refractivity contribution in [1.29, 1.82) is 0 Å². The van der Waals surface area contributed by atoms with E-state index in [1.165, 1.54) is 5.56 Å². The van der Waals surface area contributed by atoms with Crippen LogP contribution in [0.5, 0.6) is 0 Å². The summed E-state index contributed by atoms with van der Waals surface area (Å²) in [6.45, 7) is 0.612. The zero-order chi connectivity index (χ0) is 19.6. The maximum atomic E-state index is 12.5. The first-order valence-electron chi connectivity index (χ1n) is 9.84. The van der Waals surface area contributed by atoms with Gasteiger partial charge in [0.05, 0.1) is 18.4 Å². The van der Waals surface area contributed by atoms with E-state index in [2.05, 4.69) is 32.6 Å². The molecule has 1 aliphatic rings. The number of carbonyl (C=O) groups excluding carboxylic acids is 1. The molecule has 29 heavy (non-hydrogen) atoms. The van der Waals surface area contributed by atoms with Gasteiger partial charge in [0.2, 0.25) is 0 Å². The van der Waals surface area contributed by atoms with Crippen molar-refractivity contribution in [2.75, 3.05) is 0 Å². The predicted octanol–water partition coefficient (Wildman–Crippen LogP) is 4.04. The Morgan fingerprint density at radius 2 is 1.90 bits per heavy atom. The number of amides is 1. The van der Waals surface area contributed by atoms with Gasteiger partial charge in [0.15, 0.2) is 0 Å². The second-order valence-electron chi connectivity index (χ2n) is 7.48. The molecule has 4 aromatic rings. The predicted molar refractivity (Wildman–Crippen MR) is 111 cm³/mol. The normalized spacial score (nSPS) is 18.5. The topological polar surface area (TPSA) is 82.8 Å². The van der Waals surface area contributed by atoms with Crippen LogP contribution in [0.2, 0.25) is 0 Å². The Morgan fingerprint density at radius 1 is 1.10 bits per heavy atom. The number of aromatic nitrogens is 3. The summed E-state index contributed by atoms with van der Waals surface area (Å²) in [4.78, 5) is 15.8. The van der Waals surface area contributed by atoms with Crippen LogP contribution < -0.4 is 5.32 Å². The van der Waals surface area contributed by atoms with Crippen molar-refractivity contribution >= 4 is 16.8 Å². The van der Waals surface area contributed by atoms with Crippen molar-refractivity contribution in [3.05, 3.63) is 78.1 Å². The van der Waals surface area contributed by atoms with E-state index in [4.69, 9.17) is 4.74 Å². The zero-order valence-corrected chi connectivity index (χ0v) is 15.9. The number of rotatable bonds is 6. The molecular formula is C23H22N4O2. The molecule has 0 radical (unpaired) electrons. The van der Waals surface area contributed by atoms with E-state index < -0.39 is 0 Å². The molecular weight excluding hydrogens is 364 g/mol. The zero-order valence-electron chi connectivity index (χ0n) is 15.9. The SMILES string of the molecule is O=C(NC1CC(OCc2ccccc2)C1)c1cc(-c2c[nH]c3ccccc23)n[nH]1. The number of para-hydroxylation sites is 1. The molecule has 1 saturated carbocycles. The molecule has 1 fully saturated rings. The molecule has 5 rings (SSSR count). The van der Waals surface area contributed by atoms with Crippen LogP contribution in [-0.4, -0.2) is 33.2 Å². The lowest BCUT2D eigenvalue weighted by molar-refractivity contribution is -0.0251. The van der Waals surface area contributed by atoms with Crippen molar-refractivity contribution in [1.82, 2.24) is 20.5 Å². The lowest BCUT2D eigenvalue weighted by atomic mass is 9.89. The van der Waals surface area contributed by atoms with Gasteiger partial charge in [-0.3, -0.25) is 9.89 Å². The molecule has 1 aliphatic carbocycles. The van der Waals surface area contributed by atoms with Gasteiger partial charge in [0.1, 0.15) is 5.69 Å². The number of hydrogen-bond acceptors (Lipinski definition) is 3. The largest absolute Gasteiger partial charge is 0.373 e. The van der Waals surface area contributed by atoms with E-state index in [9.17, 15) is 4.79 Å². The van der Waals surface area contributed by atoms with Crippen molar-refractivity contribution in [2.24, 2.45) is 0 Å². The number of fused-ring (bicyclic) bond motifs is 1. The minimum Gasteiger partial charge on any atom is -0.373 e. The summed E-state index contributed by atoms with van der Waals surface area (Å²) in [5.41, 5.74) is 4.42. The Kier molecular flexibility index (Phi) is 4.62. The molecule has 2 aromatic heterocycles. The molecule has 3 N–H and O–H groups in total. The van der Waals surface area contributed by atoms with Gasteiger partial charge in [0, 0.05) is 28.7 Å². The van der Waals surface area contributed by atoms with E-state index in [0.29, 0.717) is 12.3 Å². The van der Waals surface area contributed by atoms with Gasteiger partial charge >= 0.3 is 0 Å². The number of carbonyl (C=O) groups is 1. The lowest BCUT2D eigenvalue weighted by Gasteiger charge is -2.35. The van der Waals surface area contributed by atoms with Crippen LogP contribution in [0, 0.1) is 0 Å². The highest BCUT2D eigenvalue weighted by atomic mass is 16.5. The number of ether oxygens (including phenoxy) is 1. The summed E-state index contributed by atoms with van der Waals surface area (Å²) in [7, 11) is 0. The van der Waals surface area contributed by atoms with E-state index in [0.717, 1.165) is 35.0 Å². The first kappa shape index (κ1) is 17.7. The quantitative estimate of drug-likeness (QED) is 0.468. The highest BCUT2D eigenvalue weighted by Gasteiger charge is 2.31. The minimum absolute atomic E-state index is 0.130. The Bertz CT molecular complexity index is 1130. The Morgan fingerprint density at radius 3 is 2.76 bits per heavy atom. The van der Waals surface area contributed by atoms with Gasteiger partial charge in [-0.15, -0.1) is 0 Å². The van der Waals surface area contributed by atoms with Gasteiger partial charge in [0.25, 0.3) is 5.91 Å². The van der Waals surface area contributed by atoms with Crippen LogP contribution in [0.1, 0.15) is 28.9 Å². The van der Waals surface area contributed by atoms with Crippen molar-refractivity contribution in [3.63, 3.8) is 0 Å². The third-order valence-corrected chi connectivity index (χ3v) is 5.45. The minimum atomic E-state index is -0.130. The Labute approximate surface area is 168 Å². The highest BCUT2D eigenvalue weighted by molar-refractivity contribution is 5.97. The summed E-state index contributed by atoms with van der Waals surface area (Å²) in [6, 6.07) is 20.1. The molecule has 2 heterocycles. The molecule has 6 nitrogen and oxygen atoms in total. The van der Waals surface area contributed by atoms with Crippen LogP contribution in [0.3, 0.4) is 0 Å². The van der Waals surface area contributed by atoms with E-state index in [-0.39, 0.29) is 18.1 Å². The van der Waals surface area contributed by atoms with Crippen molar-refractivity contribution in [3.8, 4) is 11.3 Å². The molecule has 146 valence electrons. The molecule has 1 amide bonds. The van der Waals surface area contributed by atoms with Crippen molar-refractivity contribution in [2.45, 2.75) is 31.6 Å². The van der Waals surface area contributed by atoms with E-state index in [1.54, 1.807) is 6.07 Å². The summed E-state index contributed by atoms with van der Waals surface area (Å²) in [5, 5.41) is 11.3. The first-order valence-corrected chi connectivity index (χ1v) is 9.84. The second-order valence-corrected chi connectivity index (χ2v) is 7.48. The summed E-state index contributed by atoms with van der Waals surface area (Å²) < 4.78 is 5.90. The molecule has 0 saturated heterocycles. The van der Waals surface area contributed by atoms with Gasteiger partial charge in [-0.1, -0.05) is 48.5 Å². The molecule has 6 heteroatoms. The summed E-state index contributed by atoms with van der Waals surface area (Å²) in [6.07, 6.45) is 3.79. The average Bonchev–Trinajstić information content (AvgIpc) is 3.37. The van der Waals surface area contributed by atoms with E-state index >= 15 is 0 Å². The summed E-state index contributed by atoms with van der Waals surface area (Å²) >= 11 is 0. The van der Waals surface area contributed by atoms with Crippen LogP contribution in [-0.2, 0) is 11.3 Å². The smallest absolute Gasteiger partial charge is 0.269 e. The van der Waals surface area contributed by atoms with E-state index in [1.807, 2.05) is 48.7 Å². The number of benzene rings is 2. The summed E-state index contributed by atoms with van der Waals surface area (Å²) in [5.74, 6) is -0.130.